The number of nitrogens with two attached hydrogens (primary N) is 1. The topological polar surface area (TPSA) is 97.1 Å². The number of carbonyl (C=O) groups excluding carboxylic acids is 2. The molecule has 0 aliphatic rings. The summed E-state index contributed by atoms with van der Waals surface area (Å²) in [5, 5.41) is 5.36. The molecule has 0 fully saturated rings. The van der Waals surface area contributed by atoms with Gasteiger partial charge in [0.2, 0.25) is 5.91 Å². The summed E-state index contributed by atoms with van der Waals surface area (Å²) in [5.74, 6) is 0.504. The highest BCUT2D eigenvalue weighted by Gasteiger charge is 2.20. The second kappa shape index (κ2) is 10.3. The molecular weight excluding hydrogens is 384 g/mol. The highest BCUT2D eigenvalue weighted by atomic mass is 32.2. The van der Waals surface area contributed by atoms with Crippen molar-refractivity contribution in [2.75, 3.05) is 5.32 Å². The summed E-state index contributed by atoms with van der Waals surface area (Å²) in [4.78, 5) is 29.2. The number of pyridine rings is 1. The first-order chi connectivity index (χ1) is 14.1. The SMILES string of the molecule is NC(=O)NC(Cc1ccccc1)C(=O)Nc1ccc(SCc2cccnc2)cc1. The van der Waals surface area contributed by atoms with E-state index in [4.69, 9.17) is 5.73 Å². The number of benzene rings is 2. The molecule has 4 N–H and O–H groups in total. The Bertz CT molecular complexity index is 934. The van der Waals surface area contributed by atoms with Crippen LogP contribution in [0.3, 0.4) is 0 Å². The normalized spacial score (nSPS) is 11.4. The molecule has 0 spiro atoms. The lowest BCUT2D eigenvalue weighted by Crippen LogP contribution is -2.47. The number of amides is 3. The van der Waals surface area contributed by atoms with Crippen molar-refractivity contribution in [3.05, 3.63) is 90.3 Å². The zero-order valence-electron chi connectivity index (χ0n) is 15.7. The molecule has 1 heterocycles. The molecule has 7 heteroatoms. The van der Waals surface area contributed by atoms with Crippen LogP contribution < -0.4 is 16.4 Å². The van der Waals surface area contributed by atoms with Gasteiger partial charge in [-0.05, 0) is 41.5 Å². The third-order valence-corrected chi connectivity index (χ3v) is 5.25. The van der Waals surface area contributed by atoms with E-state index in [0.717, 1.165) is 21.8 Å². The van der Waals surface area contributed by atoms with Crippen molar-refractivity contribution < 1.29 is 9.59 Å². The van der Waals surface area contributed by atoms with Gasteiger partial charge in [-0.3, -0.25) is 9.78 Å². The Kier molecular flexibility index (Phi) is 7.24. The summed E-state index contributed by atoms with van der Waals surface area (Å²) < 4.78 is 0. The third kappa shape index (κ3) is 6.65. The van der Waals surface area contributed by atoms with Crippen LogP contribution in [0.4, 0.5) is 10.5 Å². The van der Waals surface area contributed by atoms with Crippen LogP contribution in [-0.4, -0.2) is 23.0 Å². The highest BCUT2D eigenvalue weighted by Crippen LogP contribution is 2.24. The van der Waals surface area contributed by atoms with Gasteiger partial charge >= 0.3 is 6.03 Å². The van der Waals surface area contributed by atoms with Crippen molar-refractivity contribution in [2.45, 2.75) is 23.1 Å². The average molecular weight is 407 g/mol. The van der Waals surface area contributed by atoms with Crippen molar-refractivity contribution >= 4 is 29.4 Å². The highest BCUT2D eigenvalue weighted by molar-refractivity contribution is 7.98. The number of hydrogen-bond acceptors (Lipinski definition) is 4. The van der Waals surface area contributed by atoms with Gasteiger partial charge in [-0.25, -0.2) is 4.79 Å². The van der Waals surface area contributed by atoms with Gasteiger partial charge < -0.3 is 16.4 Å². The lowest BCUT2D eigenvalue weighted by molar-refractivity contribution is -0.117. The molecule has 3 aromatic rings. The van der Waals surface area contributed by atoms with E-state index in [-0.39, 0.29) is 5.91 Å². The van der Waals surface area contributed by atoms with E-state index >= 15 is 0 Å². The molecule has 1 unspecified atom stereocenters. The summed E-state index contributed by atoms with van der Waals surface area (Å²) in [7, 11) is 0. The van der Waals surface area contributed by atoms with E-state index in [9.17, 15) is 9.59 Å². The summed E-state index contributed by atoms with van der Waals surface area (Å²) in [6.45, 7) is 0. The van der Waals surface area contributed by atoms with E-state index in [0.29, 0.717) is 12.1 Å². The number of anilines is 1. The number of primary amides is 1. The average Bonchev–Trinajstić information content (AvgIpc) is 2.74. The van der Waals surface area contributed by atoms with E-state index < -0.39 is 12.1 Å². The molecule has 1 atom stereocenters. The molecule has 29 heavy (non-hydrogen) atoms. The number of nitrogens with one attached hydrogen (secondary N) is 2. The van der Waals surface area contributed by atoms with Crippen LogP contribution >= 0.6 is 11.8 Å². The van der Waals surface area contributed by atoms with Crippen LogP contribution in [0.1, 0.15) is 11.1 Å². The standard InChI is InChI=1S/C22H22N4O2S/c23-22(28)26-20(13-16-5-2-1-3-6-16)21(27)25-18-8-10-19(11-9-18)29-15-17-7-4-12-24-14-17/h1-12,14,20H,13,15H2,(H,25,27)(H3,23,26,28). The minimum Gasteiger partial charge on any atom is -0.352 e. The Hall–Kier alpha value is -3.32. The predicted molar refractivity (Wildman–Crippen MR) is 116 cm³/mol. The number of urea groups is 1. The Morgan fingerprint density at radius 2 is 1.69 bits per heavy atom. The molecule has 0 radical (unpaired) electrons. The van der Waals surface area contributed by atoms with Crippen LogP contribution in [0.25, 0.3) is 0 Å². The fraction of sp³-hybridized carbons (Fsp3) is 0.136. The molecule has 3 rings (SSSR count). The van der Waals surface area contributed by atoms with E-state index in [1.165, 1.54) is 0 Å². The maximum atomic E-state index is 12.7. The summed E-state index contributed by atoms with van der Waals surface area (Å²) in [6.07, 6.45) is 3.96. The van der Waals surface area contributed by atoms with Gasteiger partial charge in [0.15, 0.2) is 0 Å². The quantitative estimate of drug-likeness (QED) is 0.498. The van der Waals surface area contributed by atoms with E-state index in [2.05, 4.69) is 15.6 Å². The maximum Gasteiger partial charge on any atom is 0.312 e. The van der Waals surface area contributed by atoms with Crippen LogP contribution in [0.2, 0.25) is 0 Å². The number of nitrogens with zero attached hydrogens (tertiary/aromatic N) is 1. The van der Waals surface area contributed by atoms with Gasteiger partial charge in [-0.15, -0.1) is 11.8 Å². The Morgan fingerprint density at radius 3 is 2.34 bits per heavy atom. The molecule has 0 aliphatic carbocycles. The van der Waals surface area contributed by atoms with Crippen molar-refractivity contribution in [1.29, 1.82) is 0 Å². The van der Waals surface area contributed by atoms with Crippen molar-refractivity contribution in [3.63, 3.8) is 0 Å². The molecule has 0 saturated heterocycles. The fourth-order valence-corrected chi connectivity index (χ4v) is 3.58. The molecule has 0 bridgehead atoms. The van der Waals surface area contributed by atoms with Gasteiger partial charge in [-0.1, -0.05) is 36.4 Å². The second-order valence-electron chi connectivity index (χ2n) is 6.41. The van der Waals surface area contributed by atoms with Crippen LogP contribution in [0.15, 0.2) is 84.0 Å². The molecular formula is C22H22N4O2S. The fourth-order valence-electron chi connectivity index (χ4n) is 2.74. The maximum absolute atomic E-state index is 12.7. The van der Waals surface area contributed by atoms with Crippen LogP contribution in [-0.2, 0) is 17.0 Å². The Labute approximate surface area is 173 Å². The van der Waals surface area contributed by atoms with Crippen molar-refractivity contribution in [1.82, 2.24) is 10.3 Å². The van der Waals surface area contributed by atoms with Crippen molar-refractivity contribution in [3.8, 4) is 0 Å². The molecule has 1 aromatic heterocycles. The minimum atomic E-state index is -0.755. The molecule has 0 aliphatic heterocycles. The first-order valence-electron chi connectivity index (χ1n) is 9.12. The number of hydrogen-bond donors (Lipinski definition) is 3. The van der Waals surface area contributed by atoms with Crippen molar-refractivity contribution in [2.24, 2.45) is 5.73 Å². The summed E-state index contributed by atoms with van der Waals surface area (Å²) in [5.41, 5.74) is 7.98. The van der Waals surface area contributed by atoms with Gasteiger partial charge in [0.1, 0.15) is 6.04 Å². The van der Waals surface area contributed by atoms with Crippen LogP contribution in [0, 0.1) is 0 Å². The zero-order valence-corrected chi connectivity index (χ0v) is 16.6. The lowest BCUT2D eigenvalue weighted by atomic mass is 10.1. The smallest absolute Gasteiger partial charge is 0.312 e. The number of aromatic nitrogens is 1. The number of thioether (sulfide) groups is 1. The number of carbonyl (C=O) groups is 2. The predicted octanol–water partition coefficient (Wildman–Crippen LogP) is 3.59. The summed E-state index contributed by atoms with van der Waals surface area (Å²) in [6, 6.07) is 19.5. The molecule has 2 aromatic carbocycles. The first-order valence-corrected chi connectivity index (χ1v) is 10.1. The summed E-state index contributed by atoms with van der Waals surface area (Å²) >= 11 is 1.69. The second-order valence-corrected chi connectivity index (χ2v) is 7.46. The zero-order chi connectivity index (χ0) is 20.5. The molecule has 6 nitrogen and oxygen atoms in total. The van der Waals surface area contributed by atoms with Gasteiger partial charge in [0.05, 0.1) is 0 Å². The lowest BCUT2D eigenvalue weighted by Gasteiger charge is -2.17. The first kappa shape index (κ1) is 20.4. The monoisotopic (exact) mass is 406 g/mol. The van der Waals surface area contributed by atoms with Gasteiger partial charge in [-0.2, -0.15) is 0 Å². The molecule has 148 valence electrons. The van der Waals surface area contributed by atoms with E-state index in [1.807, 2.05) is 72.9 Å². The molecule has 0 saturated carbocycles. The van der Waals surface area contributed by atoms with Crippen LogP contribution in [0.5, 0.6) is 0 Å². The Morgan fingerprint density at radius 1 is 0.966 bits per heavy atom. The number of rotatable bonds is 8. The van der Waals surface area contributed by atoms with Gasteiger partial charge in [0, 0.05) is 35.2 Å². The third-order valence-electron chi connectivity index (χ3n) is 4.17. The largest absolute Gasteiger partial charge is 0.352 e. The minimum absolute atomic E-state index is 0.316. The van der Waals surface area contributed by atoms with Gasteiger partial charge in [0.25, 0.3) is 0 Å². The Balaban J connectivity index is 1.59. The van der Waals surface area contributed by atoms with E-state index in [1.54, 1.807) is 18.0 Å². The molecule has 3 amide bonds.